The third-order valence-electron chi connectivity index (χ3n) is 6.27. The number of likely N-dealkylation sites (N-methyl/N-ethyl adjacent to an activating group) is 1. The zero-order valence-corrected chi connectivity index (χ0v) is 17.1. The molecule has 146 valence electrons. The van der Waals surface area contributed by atoms with E-state index in [9.17, 15) is 8.42 Å². The van der Waals surface area contributed by atoms with Crippen LogP contribution in [0.3, 0.4) is 0 Å². The molecule has 1 aromatic carbocycles. The molecule has 1 fully saturated rings. The smallest absolute Gasteiger partial charge is 0.243 e. The van der Waals surface area contributed by atoms with Crippen molar-refractivity contribution in [2.24, 2.45) is 0 Å². The van der Waals surface area contributed by atoms with E-state index in [0.29, 0.717) is 23.9 Å². The van der Waals surface area contributed by atoms with Crippen LogP contribution in [0, 0.1) is 0 Å². The molecule has 1 saturated heterocycles. The van der Waals surface area contributed by atoms with Crippen molar-refractivity contribution >= 4 is 10.0 Å². The van der Waals surface area contributed by atoms with Crippen LogP contribution in [-0.2, 0) is 22.1 Å². The molecule has 3 heterocycles. The number of piperidine rings is 1. The maximum Gasteiger partial charge on any atom is 0.243 e. The van der Waals surface area contributed by atoms with Crippen molar-refractivity contribution in [1.29, 1.82) is 0 Å². The lowest BCUT2D eigenvalue weighted by Gasteiger charge is -2.49. The highest BCUT2D eigenvalue weighted by Crippen LogP contribution is 2.40. The van der Waals surface area contributed by atoms with Gasteiger partial charge in [-0.1, -0.05) is 26.0 Å². The number of hydrogen-bond donors (Lipinski definition) is 0. The minimum Gasteiger partial charge on any atom is -0.332 e. The Labute approximate surface area is 161 Å². The summed E-state index contributed by atoms with van der Waals surface area (Å²) in [5.74, 6) is 1.47. The van der Waals surface area contributed by atoms with E-state index in [1.165, 1.54) is 0 Å². The Balaban J connectivity index is 1.56. The van der Waals surface area contributed by atoms with E-state index in [2.05, 4.69) is 35.3 Å². The number of benzene rings is 1. The lowest BCUT2D eigenvalue weighted by atomic mass is 9.84. The molecule has 0 atom stereocenters. The SMILES string of the molecule is CC(C)c1ccc(S(=O)(=O)N2CCC3(CC2)c2nccn2CCN3C)cc1. The van der Waals surface area contributed by atoms with Crippen LogP contribution in [-0.4, -0.2) is 53.9 Å². The maximum absolute atomic E-state index is 13.1. The molecule has 0 N–H and O–H groups in total. The summed E-state index contributed by atoms with van der Waals surface area (Å²) in [5.41, 5.74) is 0.997. The minimum atomic E-state index is -3.45. The van der Waals surface area contributed by atoms with Gasteiger partial charge < -0.3 is 4.57 Å². The van der Waals surface area contributed by atoms with Crippen molar-refractivity contribution in [3.63, 3.8) is 0 Å². The molecule has 0 unspecified atom stereocenters. The fraction of sp³-hybridized carbons (Fsp3) is 0.550. The van der Waals surface area contributed by atoms with Gasteiger partial charge in [-0.15, -0.1) is 0 Å². The predicted molar refractivity (Wildman–Crippen MR) is 105 cm³/mol. The zero-order valence-electron chi connectivity index (χ0n) is 16.3. The van der Waals surface area contributed by atoms with Crippen LogP contribution in [0.1, 0.15) is 44.0 Å². The molecular weight excluding hydrogens is 360 g/mol. The first-order chi connectivity index (χ1) is 12.8. The largest absolute Gasteiger partial charge is 0.332 e. The standard InChI is InChI=1S/C20H28N4O2S/c1-16(2)17-4-6-18(7-5-17)27(25,26)24-11-8-20(9-12-24)19-21-10-13-23(19)15-14-22(20)3/h4-7,10,13,16H,8-9,11-12,14-15H2,1-3H3. The summed E-state index contributed by atoms with van der Waals surface area (Å²) in [6.45, 7) is 7.16. The summed E-state index contributed by atoms with van der Waals surface area (Å²) < 4.78 is 30.1. The molecule has 0 saturated carbocycles. The van der Waals surface area contributed by atoms with Gasteiger partial charge in [0, 0.05) is 38.6 Å². The van der Waals surface area contributed by atoms with Gasteiger partial charge in [0.15, 0.2) is 0 Å². The molecule has 0 amide bonds. The van der Waals surface area contributed by atoms with Crippen molar-refractivity contribution in [2.75, 3.05) is 26.7 Å². The first-order valence-corrected chi connectivity index (χ1v) is 11.1. The molecule has 0 aliphatic carbocycles. The second-order valence-electron chi connectivity index (χ2n) is 8.03. The molecular formula is C20H28N4O2S. The monoisotopic (exact) mass is 388 g/mol. The van der Waals surface area contributed by atoms with Crippen LogP contribution in [0.5, 0.6) is 0 Å². The van der Waals surface area contributed by atoms with Crippen LogP contribution in [0.25, 0.3) is 0 Å². The van der Waals surface area contributed by atoms with Gasteiger partial charge in [0.2, 0.25) is 10.0 Å². The van der Waals surface area contributed by atoms with Crippen LogP contribution in [0.15, 0.2) is 41.6 Å². The van der Waals surface area contributed by atoms with Gasteiger partial charge in [-0.2, -0.15) is 4.31 Å². The normalized spacial score (nSPS) is 20.9. The summed E-state index contributed by atoms with van der Waals surface area (Å²) >= 11 is 0. The van der Waals surface area contributed by atoms with Crippen LogP contribution < -0.4 is 0 Å². The number of hydrogen-bond acceptors (Lipinski definition) is 4. The second kappa shape index (κ2) is 6.72. The van der Waals surface area contributed by atoms with Crippen molar-refractivity contribution in [3.8, 4) is 0 Å². The minimum absolute atomic E-state index is 0.157. The summed E-state index contributed by atoms with van der Waals surface area (Å²) in [4.78, 5) is 7.36. The van der Waals surface area contributed by atoms with Gasteiger partial charge >= 0.3 is 0 Å². The van der Waals surface area contributed by atoms with E-state index in [4.69, 9.17) is 0 Å². The lowest BCUT2D eigenvalue weighted by molar-refractivity contribution is 0.0271. The van der Waals surface area contributed by atoms with Gasteiger partial charge in [-0.05, 0) is 43.5 Å². The van der Waals surface area contributed by atoms with Crippen molar-refractivity contribution < 1.29 is 8.42 Å². The molecule has 0 radical (unpaired) electrons. The Hall–Kier alpha value is -1.70. The third-order valence-corrected chi connectivity index (χ3v) is 8.19. The van der Waals surface area contributed by atoms with Gasteiger partial charge in [0.05, 0.1) is 10.4 Å². The van der Waals surface area contributed by atoms with E-state index in [1.54, 1.807) is 16.4 Å². The second-order valence-corrected chi connectivity index (χ2v) is 9.96. The highest BCUT2D eigenvalue weighted by Gasteiger charge is 2.46. The molecule has 2 aliphatic heterocycles. The summed E-state index contributed by atoms with van der Waals surface area (Å²) in [6.07, 6.45) is 5.42. The Morgan fingerprint density at radius 1 is 1.04 bits per heavy atom. The molecule has 27 heavy (non-hydrogen) atoms. The maximum atomic E-state index is 13.1. The summed E-state index contributed by atoms with van der Waals surface area (Å²) in [7, 11) is -1.32. The number of fused-ring (bicyclic) bond motifs is 2. The Morgan fingerprint density at radius 2 is 1.70 bits per heavy atom. The predicted octanol–water partition coefficient (Wildman–Crippen LogP) is 2.63. The van der Waals surface area contributed by atoms with E-state index in [0.717, 1.165) is 37.3 Å². The Kier molecular flexibility index (Phi) is 4.64. The van der Waals surface area contributed by atoms with Gasteiger partial charge in [-0.25, -0.2) is 13.4 Å². The number of sulfonamides is 1. The van der Waals surface area contributed by atoms with E-state index < -0.39 is 10.0 Å². The number of aromatic nitrogens is 2. The fourth-order valence-corrected chi connectivity index (χ4v) is 5.86. The first-order valence-electron chi connectivity index (χ1n) is 9.67. The molecule has 7 heteroatoms. The molecule has 1 spiro atoms. The molecule has 2 aromatic rings. The van der Waals surface area contributed by atoms with E-state index in [-0.39, 0.29) is 5.54 Å². The molecule has 2 aliphatic rings. The van der Waals surface area contributed by atoms with Crippen molar-refractivity contribution in [3.05, 3.63) is 48.0 Å². The number of nitrogens with zero attached hydrogens (tertiary/aromatic N) is 4. The number of imidazole rings is 1. The quantitative estimate of drug-likeness (QED) is 0.811. The average molecular weight is 389 g/mol. The topological polar surface area (TPSA) is 58.4 Å². The zero-order chi connectivity index (χ0) is 19.2. The van der Waals surface area contributed by atoms with Crippen LogP contribution in [0.2, 0.25) is 0 Å². The average Bonchev–Trinajstić information content (AvgIpc) is 3.15. The Morgan fingerprint density at radius 3 is 2.33 bits per heavy atom. The lowest BCUT2D eigenvalue weighted by Crippen LogP contribution is -2.56. The van der Waals surface area contributed by atoms with Crippen molar-refractivity contribution in [2.45, 2.75) is 49.6 Å². The molecule has 1 aromatic heterocycles. The first kappa shape index (κ1) is 18.7. The highest BCUT2D eigenvalue weighted by molar-refractivity contribution is 7.89. The van der Waals surface area contributed by atoms with Gasteiger partial charge in [-0.3, -0.25) is 4.90 Å². The molecule has 0 bridgehead atoms. The molecule has 4 rings (SSSR count). The van der Waals surface area contributed by atoms with Gasteiger partial charge in [0.1, 0.15) is 5.82 Å². The summed E-state index contributed by atoms with van der Waals surface area (Å²) in [6, 6.07) is 7.34. The third kappa shape index (κ3) is 3.02. The fourth-order valence-electron chi connectivity index (χ4n) is 4.42. The van der Waals surface area contributed by atoms with Crippen molar-refractivity contribution in [1.82, 2.24) is 18.8 Å². The molecule has 6 nitrogen and oxygen atoms in total. The van der Waals surface area contributed by atoms with Gasteiger partial charge in [0.25, 0.3) is 0 Å². The number of rotatable bonds is 3. The Bertz CT molecular complexity index is 910. The van der Waals surface area contributed by atoms with Crippen LogP contribution in [0.4, 0.5) is 0 Å². The van der Waals surface area contributed by atoms with E-state index in [1.807, 2.05) is 24.5 Å². The summed E-state index contributed by atoms with van der Waals surface area (Å²) in [5, 5.41) is 0. The highest BCUT2D eigenvalue weighted by atomic mass is 32.2. The van der Waals surface area contributed by atoms with Crippen LogP contribution >= 0.6 is 0 Å². The van der Waals surface area contributed by atoms with E-state index >= 15 is 0 Å².